The molecule has 4 aliphatic rings. The summed E-state index contributed by atoms with van der Waals surface area (Å²) in [5.41, 5.74) is -0.848. The van der Waals surface area contributed by atoms with Gasteiger partial charge < -0.3 is 39.9 Å². The smallest absolute Gasteiger partial charge is 0.408 e. The normalized spacial score (nSPS) is 22.8. The zero-order valence-electron chi connectivity index (χ0n) is 30.3. The van der Waals surface area contributed by atoms with Crippen LogP contribution in [0.4, 0.5) is 4.79 Å². The Morgan fingerprint density at radius 1 is 1.08 bits per heavy atom. The highest BCUT2D eigenvalue weighted by Gasteiger charge is 2.56. The number of alkyl carbamates (subject to hydrolysis) is 1. The van der Waals surface area contributed by atoms with Crippen LogP contribution < -0.4 is 25.4 Å². The fourth-order valence-electron chi connectivity index (χ4n) is 7.06. The number of rotatable bonds is 13. The Balaban J connectivity index is 1.43. The molecule has 1 aromatic rings. The van der Waals surface area contributed by atoms with E-state index in [1.807, 2.05) is 27.7 Å². The Hall–Kier alpha value is -4.07. The van der Waals surface area contributed by atoms with Gasteiger partial charge in [-0.15, -0.1) is 0 Å². The van der Waals surface area contributed by atoms with Crippen LogP contribution in [0, 0.1) is 11.3 Å². The van der Waals surface area contributed by atoms with Crippen molar-refractivity contribution in [2.45, 2.75) is 115 Å². The molecule has 3 N–H and O–H groups in total. The van der Waals surface area contributed by atoms with Crippen LogP contribution >= 0.6 is 11.6 Å². The Bertz CT molecular complexity index is 1550. The van der Waals surface area contributed by atoms with Crippen LogP contribution in [0.25, 0.3) is 0 Å². The maximum Gasteiger partial charge on any atom is 0.408 e. The molecule has 0 radical (unpaired) electrons. The van der Waals surface area contributed by atoms with Crippen molar-refractivity contribution in [3.8, 4) is 11.5 Å². The maximum atomic E-state index is 14.6. The number of carbonyl (C=O) groups excluding carboxylic acids is 5. The molecule has 2 heterocycles. The number of ketones is 1. The van der Waals surface area contributed by atoms with Gasteiger partial charge in [0.05, 0.1) is 37.0 Å². The van der Waals surface area contributed by atoms with Gasteiger partial charge in [-0.25, -0.2) is 4.79 Å². The summed E-state index contributed by atoms with van der Waals surface area (Å²) in [4.78, 5) is 74.8. The second-order valence-electron chi connectivity index (χ2n) is 15.0. The van der Waals surface area contributed by atoms with Crippen molar-refractivity contribution < 1.29 is 43.0 Å². The van der Waals surface area contributed by atoms with E-state index in [9.17, 15) is 24.0 Å². The highest BCUT2D eigenvalue weighted by molar-refractivity contribution is 6.38. The number of methoxy groups -OCH3 is 1. The van der Waals surface area contributed by atoms with E-state index in [-0.39, 0.29) is 31.4 Å². The van der Waals surface area contributed by atoms with E-state index in [4.69, 9.17) is 30.6 Å². The lowest BCUT2D eigenvalue weighted by Gasteiger charge is -2.35. The molecule has 15 heteroatoms. The van der Waals surface area contributed by atoms with Crippen LogP contribution in [0.15, 0.2) is 17.3 Å². The summed E-state index contributed by atoms with van der Waals surface area (Å²) in [7, 11) is 2.87. The molecule has 280 valence electrons. The maximum absolute atomic E-state index is 14.6. The van der Waals surface area contributed by atoms with E-state index in [1.165, 1.54) is 19.1 Å². The largest absolute Gasteiger partial charge is 0.496 e. The molecule has 51 heavy (non-hydrogen) atoms. The van der Waals surface area contributed by atoms with Gasteiger partial charge in [-0.2, -0.15) is 0 Å². The first-order valence-electron chi connectivity index (χ1n) is 17.8. The Kier molecular flexibility index (Phi) is 11.7. The number of nitrogens with zero attached hydrogens (tertiary/aromatic N) is 2. The van der Waals surface area contributed by atoms with Crippen LogP contribution in [0.1, 0.15) is 91.0 Å². The first kappa shape index (κ1) is 38.2. The van der Waals surface area contributed by atoms with Crippen molar-refractivity contribution in [1.82, 2.24) is 20.9 Å². The lowest BCUT2D eigenvalue weighted by atomic mass is 9.85. The number of halogens is 1. The molecule has 1 saturated heterocycles. The quantitative estimate of drug-likeness (QED) is 0.254. The van der Waals surface area contributed by atoms with Gasteiger partial charge in [0.25, 0.3) is 5.91 Å². The molecule has 0 bridgehead atoms. The highest BCUT2D eigenvalue weighted by Crippen LogP contribution is 2.43. The minimum absolute atomic E-state index is 0.0261. The molecule has 14 nitrogen and oxygen atoms in total. The van der Waals surface area contributed by atoms with Crippen molar-refractivity contribution in [2.75, 3.05) is 27.3 Å². The number of likely N-dealkylation sites (N-methyl/N-ethyl adjacent to an activating group) is 1. The molecule has 1 aromatic carbocycles. The number of likely N-dealkylation sites (tertiary alicyclic amines) is 1. The van der Waals surface area contributed by atoms with Gasteiger partial charge in [-0.1, -0.05) is 50.4 Å². The molecule has 0 aromatic heterocycles. The molecule has 3 fully saturated rings. The van der Waals surface area contributed by atoms with E-state index < -0.39 is 58.7 Å². The van der Waals surface area contributed by atoms with Crippen molar-refractivity contribution in [1.29, 1.82) is 0 Å². The van der Waals surface area contributed by atoms with E-state index in [0.717, 1.165) is 38.5 Å². The number of hydrogen-bond donors (Lipinski definition) is 3. The monoisotopic (exact) mass is 731 g/mol. The molecular weight excluding hydrogens is 682 g/mol. The van der Waals surface area contributed by atoms with Gasteiger partial charge in [0.2, 0.25) is 17.6 Å². The van der Waals surface area contributed by atoms with Gasteiger partial charge in [-0.05, 0) is 56.4 Å². The van der Waals surface area contributed by atoms with Gasteiger partial charge in [0, 0.05) is 31.5 Å². The zero-order chi connectivity index (χ0) is 37.1. The van der Waals surface area contributed by atoms with Crippen molar-refractivity contribution in [3.63, 3.8) is 0 Å². The van der Waals surface area contributed by atoms with E-state index in [0.29, 0.717) is 40.8 Å². The first-order chi connectivity index (χ1) is 24.2. The first-order valence-corrected chi connectivity index (χ1v) is 18.2. The lowest BCUT2D eigenvalue weighted by Crippen LogP contribution is -2.59. The minimum Gasteiger partial charge on any atom is -0.496 e. The van der Waals surface area contributed by atoms with Crippen LogP contribution in [0.5, 0.6) is 11.5 Å². The summed E-state index contributed by atoms with van der Waals surface area (Å²) < 4.78 is 16.9. The summed E-state index contributed by atoms with van der Waals surface area (Å²) in [6, 6.07) is 0.0936. The zero-order valence-corrected chi connectivity index (χ0v) is 31.0. The third kappa shape index (κ3) is 8.88. The number of oxime groups is 1. The Labute approximate surface area is 303 Å². The number of carbonyl (C=O) groups is 5. The average molecular weight is 732 g/mol. The molecule has 4 atom stereocenters. The van der Waals surface area contributed by atoms with Crippen molar-refractivity contribution in [3.05, 3.63) is 22.7 Å². The fraction of sp³-hybridized carbons (Fsp3) is 0.667. The molecule has 5 rings (SSSR count). The number of amides is 4. The average Bonchev–Trinajstić information content (AvgIpc) is 3.43. The topological polar surface area (TPSA) is 174 Å². The number of nitrogens with one attached hydrogen (secondary N) is 3. The van der Waals surface area contributed by atoms with Crippen LogP contribution in [0.2, 0.25) is 5.02 Å². The lowest BCUT2D eigenvalue weighted by molar-refractivity contribution is -0.144. The second-order valence-corrected chi connectivity index (χ2v) is 15.4. The highest BCUT2D eigenvalue weighted by atomic mass is 35.5. The molecule has 2 aliphatic carbocycles. The van der Waals surface area contributed by atoms with Crippen molar-refractivity contribution in [2.24, 2.45) is 16.5 Å². The predicted molar refractivity (Wildman–Crippen MR) is 188 cm³/mol. The van der Waals surface area contributed by atoms with Gasteiger partial charge in [0.15, 0.2) is 5.60 Å². The fourth-order valence-corrected chi connectivity index (χ4v) is 7.28. The number of hydrogen-bond acceptors (Lipinski definition) is 10. The van der Waals surface area contributed by atoms with E-state index >= 15 is 0 Å². The van der Waals surface area contributed by atoms with Crippen LogP contribution in [-0.4, -0.2) is 97.3 Å². The van der Waals surface area contributed by atoms with Crippen LogP contribution in [0.3, 0.4) is 0 Å². The molecule has 2 aliphatic heterocycles. The minimum atomic E-state index is -1.13. The number of benzene rings is 1. The van der Waals surface area contributed by atoms with E-state index in [1.54, 1.807) is 12.1 Å². The standard InChI is InChI=1S/C36H50ClN5O9/c1-7-49-28-16-27(48-6)22(15-23(28)37)25-17-36(51-41-25)18-26(31(44)39-24(14-20-12-13-20)29(43)32(45)38-5)42(19-36)33(46)30(35(2,3)4)40-34(47)50-21-10-8-9-11-21/h15-16,20-21,24,26,30H,7-14,17-19H2,1-6H3,(H,38,45)(H,39,44)(H,40,47)/t24-,26-,30+,36+/m0/s1. The Morgan fingerprint density at radius 3 is 2.39 bits per heavy atom. The number of ether oxygens (including phenoxy) is 3. The summed E-state index contributed by atoms with van der Waals surface area (Å²) in [5, 5.41) is 12.7. The predicted octanol–water partition coefficient (Wildman–Crippen LogP) is 3.89. The van der Waals surface area contributed by atoms with E-state index in [2.05, 4.69) is 21.1 Å². The third-order valence-corrected chi connectivity index (χ3v) is 10.3. The van der Waals surface area contributed by atoms with Gasteiger partial charge >= 0.3 is 6.09 Å². The summed E-state index contributed by atoms with van der Waals surface area (Å²) >= 11 is 6.53. The summed E-state index contributed by atoms with van der Waals surface area (Å²) in [5.74, 6) is -1.58. The van der Waals surface area contributed by atoms with Crippen molar-refractivity contribution >= 4 is 46.9 Å². The Morgan fingerprint density at radius 2 is 1.78 bits per heavy atom. The molecule has 4 amide bonds. The molecular formula is C36H50ClN5O9. The number of Topliss-reactive ketones (excluding diaryl/α,β-unsaturated/α-hetero) is 1. The SMILES string of the molecule is CCOc1cc(OC)c(C2=NO[C@]3(C2)C[C@@H](C(=O)N[C@@H](CC2CC2)C(=O)C(=O)NC)N(C(=O)[C@@H](NC(=O)OC2CCCC2)C(C)(C)C)C3)cc1Cl. The summed E-state index contributed by atoms with van der Waals surface area (Å²) in [6.07, 6.45) is 4.87. The van der Waals surface area contributed by atoms with Gasteiger partial charge in [-0.3, -0.25) is 19.2 Å². The van der Waals surface area contributed by atoms with Crippen LogP contribution in [-0.2, 0) is 28.8 Å². The third-order valence-electron chi connectivity index (χ3n) is 9.99. The molecule has 1 spiro atoms. The molecule has 2 saturated carbocycles. The second kappa shape index (κ2) is 15.7. The summed E-state index contributed by atoms with van der Waals surface area (Å²) in [6.45, 7) is 7.64. The van der Waals surface area contributed by atoms with Gasteiger partial charge in [0.1, 0.15) is 29.7 Å². The molecule has 0 unspecified atom stereocenters.